The zero-order valence-electron chi connectivity index (χ0n) is 18.4. The Labute approximate surface area is 190 Å². The fourth-order valence-electron chi connectivity index (χ4n) is 4.70. The highest BCUT2D eigenvalue weighted by atomic mass is 19.4. The van der Waals surface area contributed by atoms with Crippen LogP contribution in [0.3, 0.4) is 0 Å². The second-order valence-electron chi connectivity index (χ2n) is 8.79. The van der Waals surface area contributed by atoms with Crippen LogP contribution >= 0.6 is 0 Å². The first-order valence-electron chi connectivity index (χ1n) is 11.4. The van der Waals surface area contributed by atoms with Crippen LogP contribution in [0, 0.1) is 5.92 Å². The average Bonchev–Trinajstić information content (AvgIpc) is 3.37. The summed E-state index contributed by atoms with van der Waals surface area (Å²) < 4.78 is 43.6. The van der Waals surface area contributed by atoms with Crippen molar-refractivity contribution < 1.29 is 32.3 Å². The number of piperidine rings is 1. The van der Waals surface area contributed by atoms with Gasteiger partial charge in [-0.25, -0.2) is 0 Å². The van der Waals surface area contributed by atoms with E-state index in [1.54, 1.807) is 14.7 Å². The lowest BCUT2D eigenvalue weighted by Crippen LogP contribution is -2.54. The normalized spacial score (nSPS) is 22.5. The number of carbonyl (C=O) groups is 3. The molecule has 180 valence electrons. The van der Waals surface area contributed by atoms with Crippen LogP contribution in [0.4, 0.5) is 13.2 Å². The SMILES string of the molecule is O=C(c1ccc(C(F)(F)F)cc1)N1CCC(C(=O)N2CCN(C(=O)C3CCCO3)CC2)CC1. The molecule has 0 N–H and O–H groups in total. The molecular formula is C23H28F3N3O4. The van der Waals surface area contributed by atoms with Crippen LogP contribution in [-0.4, -0.2) is 84.4 Å². The Morgan fingerprint density at radius 3 is 1.88 bits per heavy atom. The summed E-state index contributed by atoms with van der Waals surface area (Å²) in [4.78, 5) is 43.2. The number of nitrogens with zero attached hydrogens (tertiary/aromatic N) is 3. The highest BCUT2D eigenvalue weighted by Gasteiger charge is 2.35. The van der Waals surface area contributed by atoms with Gasteiger partial charge in [0.25, 0.3) is 11.8 Å². The third-order valence-corrected chi connectivity index (χ3v) is 6.70. The summed E-state index contributed by atoms with van der Waals surface area (Å²) in [5.41, 5.74) is -0.583. The molecule has 10 heteroatoms. The van der Waals surface area contributed by atoms with Crippen LogP contribution in [0.2, 0.25) is 0 Å². The number of alkyl halides is 3. The van der Waals surface area contributed by atoms with Crippen molar-refractivity contribution in [3.05, 3.63) is 35.4 Å². The predicted octanol–water partition coefficient (Wildman–Crippen LogP) is 2.41. The van der Waals surface area contributed by atoms with Gasteiger partial charge in [0, 0.05) is 57.4 Å². The van der Waals surface area contributed by atoms with Gasteiger partial charge < -0.3 is 19.4 Å². The maximum atomic E-state index is 13.0. The van der Waals surface area contributed by atoms with Gasteiger partial charge in [0.05, 0.1) is 5.56 Å². The highest BCUT2D eigenvalue weighted by molar-refractivity contribution is 5.94. The van der Waals surface area contributed by atoms with E-state index in [2.05, 4.69) is 0 Å². The highest BCUT2D eigenvalue weighted by Crippen LogP contribution is 2.29. The summed E-state index contributed by atoms with van der Waals surface area (Å²) in [6.45, 7) is 3.35. The molecule has 1 unspecified atom stereocenters. The Morgan fingerprint density at radius 2 is 1.36 bits per heavy atom. The summed E-state index contributed by atoms with van der Waals surface area (Å²) >= 11 is 0. The van der Waals surface area contributed by atoms with Gasteiger partial charge in [-0.15, -0.1) is 0 Å². The van der Waals surface area contributed by atoms with Crippen molar-refractivity contribution in [3.63, 3.8) is 0 Å². The summed E-state index contributed by atoms with van der Waals surface area (Å²) in [5, 5.41) is 0. The second kappa shape index (κ2) is 9.70. The third-order valence-electron chi connectivity index (χ3n) is 6.70. The summed E-state index contributed by atoms with van der Waals surface area (Å²) in [7, 11) is 0. The quantitative estimate of drug-likeness (QED) is 0.685. The molecule has 7 nitrogen and oxygen atoms in total. The van der Waals surface area contributed by atoms with Crippen LogP contribution in [0.1, 0.15) is 41.6 Å². The van der Waals surface area contributed by atoms with Crippen molar-refractivity contribution in [1.82, 2.24) is 14.7 Å². The zero-order valence-corrected chi connectivity index (χ0v) is 18.4. The van der Waals surface area contributed by atoms with E-state index in [0.717, 1.165) is 25.0 Å². The van der Waals surface area contributed by atoms with E-state index < -0.39 is 11.7 Å². The Kier molecular flexibility index (Phi) is 6.92. The Bertz CT molecular complexity index is 868. The molecule has 0 radical (unpaired) electrons. The molecule has 3 aliphatic rings. The van der Waals surface area contributed by atoms with Crippen molar-refractivity contribution >= 4 is 17.7 Å². The molecule has 0 aromatic heterocycles. The molecule has 0 bridgehead atoms. The molecule has 0 aliphatic carbocycles. The molecule has 3 fully saturated rings. The minimum Gasteiger partial charge on any atom is -0.368 e. The first-order chi connectivity index (χ1) is 15.7. The number of hydrogen-bond acceptors (Lipinski definition) is 4. The molecular weight excluding hydrogens is 439 g/mol. The lowest BCUT2D eigenvalue weighted by Gasteiger charge is -2.39. The number of piperazine rings is 1. The number of benzene rings is 1. The molecule has 3 heterocycles. The number of hydrogen-bond donors (Lipinski definition) is 0. The molecule has 1 aromatic carbocycles. The average molecular weight is 467 g/mol. The van der Waals surface area contributed by atoms with Gasteiger partial charge in [0.15, 0.2) is 0 Å². The zero-order chi connectivity index (χ0) is 23.6. The largest absolute Gasteiger partial charge is 0.416 e. The predicted molar refractivity (Wildman–Crippen MR) is 112 cm³/mol. The van der Waals surface area contributed by atoms with Crippen molar-refractivity contribution in [2.45, 2.75) is 38.0 Å². The van der Waals surface area contributed by atoms with E-state index in [1.807, 2.05) is 0 Å². The smallest absolute Gasteiger partial charge is 0.368 e. The van der Waals surface area contributed by atoms with E-state index in [-0.39, 0.29) is 35.3 Å². The maximum Gasteiger partial charge on any atom is 0.416 e. The van der Waals surface area contributed by atoms with Gasteiger partial charge in [-0.2, -0.15) is 13.2 Å². The molecule has 33 heavy (non-hydrogen) atoms. The van der Waals surface area contributed by atoms with E-state index in [0.29, 0.717) is 58.7 Å². The summed E-state index contributed by atoms with van der Waals surface area (Å²) in [6, 6.07) is 4.21. The van der Waals surface area contributed by atoms with Crippen molar-refractivity contribution in [1.29, 1.82) is 0 Å². The number of ether oxygens (including phenoxy) is 1. The maximum absolute atomic E-state index is 13.0. The van der Waals surface area contributed by atoms with E-state index in [9.17, 15) is 27.6 Å². The molecule has 3 aliphatic heterocycles. The van der Waals surface area contributed by atoms with E-state index in [4.69, 9.17) is 4.74 Å². The van der Waals surface area contributed by atoms with Crippen LogP contribution in [0.15, 0.2) is 24.3 Å². The lowest BCUT2D eigenvalue weighted by atomic mass is 9.94. The van der Waals surface area contributed by atoms with Crippen molar-refractivity contribution in [2.75, 3.05) is 45.9 Å². The molecule has 3 saturated heterocycles. The van der Waals surface area contributed by atoms with Gasteiger partial charge in [-0.05, 0) is 49.9 Å². The fraction of sp³-hybridized carbons (Fsp3) is 0.609. The number of amides is 3. The number of rotatable bonds is 3. The summed E-state index contributed by atoms with van der Waals surface area (Å²) in [6.07, 6.45) is -2.11. The van der Waals surface area contributed by atoms with Gasteiger partial charge in [0.1, 0.15) is 6.10 Å². The van der Waals surface area contributed by atoms with Gasteiger partial charge in [-0.3, -0.25) is 14.4 Å². The molecule has 4 rings (SSSR count). The first-order valence-corrected chi connectivity index (χ1v) is 11.4. The van der Waals surface area contributed by atoms with Gasteiger partial charge >= 0.3 is 6.18 Å². The van der Waals surface area contributed by atoms with Crippen LogP contribution < -0.4 is 0 Å². The van der Waals surface area contributed by atoms with E-state index >= 15 is 0 Å². The summed E-state index contributed by atoms with van der Waals surface area (Å²) in [5.74, 6) is -0.464. The van der Waals surface area contributed by atoms with Gasteiger partial charge in [0.2, 0.25) is 5.91 Å². The number of likely N-dealkylation sites (tertiary alicyclic amines) is 1. The monoisotopic (exact) mass is 467 g/mol. The topological polar surface area (TPSA) is 70.2 Å². The van der Waals surface area contributed by atoms with E-state index in [1.165, 1.54) is 12.1 Å². The first kappa shape index (κ1) is 23.5. The number of halogens is 3. The Hall–Kier alpha value is -2.62. The Morgan fingerprint density at radius 1 is 0.788 bits per heavy atom. The molecule has 1 aromatic rings. The molecule has 1 atom stereocenters. The van der Waals surface area contributed by atoms with Gasteiger partial charge in [-0.1, -0.05) is 0 Å². The minimum atomic E-state index is -4.44. The van der Waals surface area contributed by atoms with Crippen molar-refractivity contribution in [3.8, 4) is 0 Å². The fourth-order valence-corrected chi connectivity index (χ4v) is 4.70. The standard InChI is InChI=1S/C23H28F3N3O4/c24-23(25,26)18-5-3-16(4-6-18)20(30)27-9-7-17(8-10-27)21(31)28-11-13-29(14-12-28)22(32)19-2-1-15-33-19/h3-6,17,19H,1-2,7-15H2. The molecule has 0 spiro atoms. The second-order valence-corrected chi connectivity index (χ2v) is 8.79. The number of carbonyl (C=O) groups excluding carboxylic acids is 3. The third kappa shape index (κ3) is 5.31. The lowest BCUT2D eigenvalue weighted by molar-refractivity contribution is -0.147. The van der Waals surface area contributed by atoms with Crippen LogP contribution in [-0.2, 0) is 20.5 Å². The van der Waals surface area contributed by atoms with Crippen LogP contribution in [0.5, 0.6) is 0 Å². The molecule has 0 saturated carbocycles. The van der Waals surface area contributed by atoms with Crippen molar-refractivity contribution in [2.24, 2.45) is 5.92 Å². The Balaban J connectivity index is 1.24. The minimum absolute atomic E-state index is 0.00897. The van der Waals surface area contributed by atoms with Crippen LogP contribution in [0.25, 0.3) is 0 Å². The molecule has 3 amide bonds.